The van der Waals surface area contributed by atoms with Crippen LogP contribution in [0.5, 0.6) is 11.5 Å². The molecule has 1 fully saturated rings. The summed E-state index contributed by atoms with van der Waals surface area (Å²) >= 11 is 0. The Labute approximate surface area is 122 Å². The number of amides is 1. The van der Waals surface area contributed by atoms with Gasteiger partial charge >= 0.3 is 0 Å². The van der Waals surface area contributed by atoms with Gasteiger partial charge in [0.1, 0.15) is 17.2 Å². The molecule has 6 nitrogen and oxygen atoms in total. The second-order valence-electron chi connectivity index (χ2n) is 5.15. The van der Waals surface area contributed by atoms with Crippen LogP contribution in [0.1, 0.15) is 29.8 Å². The SMILES string of the molecule is COc1ccc(-c2cc(C(=O)NC3CCC3)[nH]n2)c(O)c1. The third-order valence-electron chi connectivity index (χ3n) is 3.74. The zero-order chi connectivity index (χ0) is 14.8. The summed E-state index contributed by atoms with van der Waals surface area (Å²) in [6, 6.07) is 6.86. The summed E-state index contributed by atoms with van der Waals surface area (Å²) in [4.78, 5) is 12.0. The highest BCUT2D eigenvalue weighted by Crippen LogP contribution is 2.31. The van der Waals surface area contributed by atoms with Gasteiger partial charge in [-0.15, -0.1) is 0 Å². The van der Waals surface area contributed by atoms with Gasteiger partial charge < -0.3 is 15.2 Å². The third kappa shape index (κ3) is 2.69. The van der Waals surface area contributed by atoms with E-state index in [2.05, 4.69) is 15.5 Å². The number of hydrogen-bond donors (Lipinski definition) is 3. The molecule has 6 heteroatoms. The molecular formula is C15H17N3O3. The zero-order valence-corrected chi connectivity index (χ0v) is 11.7. The minimum absolute atomic E-state index is 0.0619. The van der Waals surface area contributed by atoms with Crippen molar-refractivity contribution in [3.05, 3.63) is 30.0 Å². The molecule has 0 radical (unpaired) electrons. The van der Waals surface area contributed by atoms with Crippen LogP contribution in [-0.2, 0) is 0 Å². The first kappa shape index (κ1) is 13.5. The van der Waals surface area contributed by atoms with Crippen molar-refractivity contribution in [2.75, 3.05) is 7.11 Å². The molecule has 1 heterocycles. The van der Waals surface area contributed by atoms with Crippen molar-refractivity contribution >= 4 is 5.91 Å². The molecule has 1 aliphatic carbocycles. The van der Waals surface area contributed by atoms with Crippen LogP contribution in [0.25, 0.3) is 11.3 Å². The van der Waals surface area contributed by atoms with Crippen molar-refractivity contribution in [3.8, 4) is 22.8 Å². The smallest absolute Gasteiger partial charge is 0.269 e. The number of aromatic nitrogens is 2. The van der Waals surface area contributed by atoms with E-state index in [1.165, 1.54) is 19.6 Å². The van der Waals surface area contributed by atoms with Gasteiger partial charge in [0.05, 0.1) is 12.8 Å². The van der Waals surface area contributed by atoms with E-state index in [0.717, 1.165) is 12.8 Å². The largest absolute Gasteiger partial charge is 0.507 e. The number of aromatic amines is 1. The van der Waals surface area contributed by atoms with Gasteiger partial charge in [-0.2, -0.15) is 5.10 Å². The van der Waals surface area contributed by atoms with Crippen molar-refractivity contribution < 1.29 is 14.6 Å². The van der Waals surface area contributed by atoms with Crippen LogP contribution in [0.15, 0.2) is 24.3 Å². The Bertz CT molecular complexity index is 662. The topological polar surface area (TPSA) is 87.2 Å². The van der Waals surface area contributed by atoms with Gasteiger partial charge in [-0.05, 0) is 37.5 Å². The summed E-state index contributed by atoms with van der Waals surface area (Å²) in [6.07, 6.45) is 3.23. The Morgan fingerprint density at radius 2 is 2.24 bits per heavy atom. The Kier molecular flexibility index (Phi) is 3.51. The van der Waals surface area contributed by atoms with E-state index in [4.69, 9.17) is 4.74 Å². The van der Waals surface area contributed by atoms with Gasteiger partial charge in [0.15, 0.2) is 0 Å². The molecule has 0 unspecified atom stereocenters. The molecule has 3 N–H and O–H groups in total. The fourth-order valence-electron chi connectivity index (χ4n) is 2.25. The predicted octanol–water partition coefficient (Wildman–Crippen LogP) is 2.07. The third-order valence-corrected chi connectivity index (χ3v) is 3.74. The van der Waals surface area contributed by atoms with E-state index in [0.29, 0.717) is 22.7 Å². The molecule has 2 aromatic rings. The number of nitrogens with zero attached hydrogens (tertiary/aromatic N) is 1. The lowest BCUT2D eigenvalue weighted by Crippen LogP contribution is -2.39. The van der Waals surface area contributed by atoms with Crippen LogP contribution in [0.4, 0.5) is 0 Å². The number of carbonyl (C=O) groups is 1. The number of hydrogen-bond acceptors (Lipinski definition) is 4. The number of H-pyrrole nitrogens is 1. The number of phenolic OH excluding ortho intramolecular Hbond substituents is 1. The van der Waals surface area contributed by atoms with Crippen LogP contribution >= 0.6 is 0 Å². The monoisotopic (exact) mass is 287 g/mol. The summed E-state index contributed by atoms with van der Waals surface area (Å²) in [7, 11) is 1.53. The van der Waals surface area contributed by atoms with E-state index < -0.39 is 0 Å². The molecule has 0 atom stereocenters. The molecule has 0 saturated heterocycles. The maximum Gasteiger partial charge on any atom is 0.269 e. The summed E-state index contributed by atoms with van der Waals surface area (Å²) in [6.45, 7) is 0. The fourth-order valence-corrected chi connectivity index (χ4v) is 2.25. The molecule has 1 amide bonds. The first-order valence-electron chi connectivity index (χ1n) is 6.91. The number of phenols is 1. The van der Waals surface area contributed by atoms with Crippen molar-refractivity contribution in [2.24, 2.45) is 0 Å². The summed E-state index contributed by atoms with van der Waals surface area (Å²) in [5.41, 5.74) is 1.47. The molecule has 1 aromatic heterocycles. The Morgan fingerprint density at radius 3 is 2.86 bits per heavy atom. The standard InChI is InChI=1S/C15H17N3O3/c1-21-10-5-6-11(14(19)7-10)12-8-13(18-17-12)15(20)16-9-3-2-4-9/h5-9,19H,2-4H2,1H3,(H,16,20)(H,17,18). The predicted molar refractivity (Wildman–Crippen MR) is 77.3 cm³/mol. The number of ether oxygens (including phenoxy) is 1. The molecular weight excluding hydrogens is 270 g/mol. The van der Waals surface area contributed by atoms with Crippen LogP contribution < -0.4 is 10.1 Å². The summed E-state index contributed by atoms with van der Waals surface area (Å²) in [5, 5.41) is 19.7. The second kappa shape index (κ2) is 5.47. The van der Waals surface area contributed by atoms with E-state index in [1.807, 2.05) is 0 Å². The number of benzene rings is 1. The minimum Gasteiger partial charge on any atom is -0.507 e. The molecule has 0 spiro atoms. The van der Waals surface area contributed by atoms with E-state index in [-0.39, 0.29) is 17.7 Å². The molecule has 1 aromatic carbocycles. The maximum absolute atomic E-state index is 12.0. The van der Waals surface area contributed by atoms with Gasteiger partial charge in [-0.1, -0.05) is 0 Å². The molecule has 1 saturated carbocycles. The van der Waals surface area contributed by atoms with Crippen molar-refractivity contribution in [3.63, 3.8) is 0 Å². The van der Waals surface area contributed by atoms with Crippen LogP contribution in [0.2, 0.25) is 0 Å². The zero-order valence-electron chi connectivity index (χ0n) is 11.7. The van der Waals surface area contributed by atoms with Gasteiger partial charge in [-0.3, -0.25) is 9.89 Å². The van der Waals surface area contributed by atoms with Gasteiger partial charge in [-0.25, -0.2) is 0 Å². The highest BCUT2D eigenvalue weighted by molar-refractivity contribution is 5.93. The van der Waals surface area contributed by atoms with Gasteiger partial charge in [0.25, 0.3) is 5.91 Å². The average Bonchev–Trinajstić information content (AvgIpc) is 2.92. The minimum atomic E-state index is -0.161. The van der Waals surface area contributed by atoms with Crippen LogP contribution in [-0.4, -0.2) is 34.4 Å². The van der Waals surface area contributed by atoms with E-state index >= 15 is 0 Å². The van der Waals surface area contributed by atoms with Crippen molar-refractivity contribution in [2.45, 2.75) is 25.3 Å². The van der Waals surface area contributed by atoms with E-state index in [1.54, 1.807) is 18.2 Å². The summed E-state index contributed by atoms with van der Waals surface area (Å²) in [5.74, 6) is 0.466. The molecule has 0 bridgehead atoms. The van der Waals surface area contributed by atoms with Gasteiger partial charge in [0.2, 0.25) is 0 Å². The normalized spacial score (nSPS) is 14.5. The maximum atomic E-state index is 12.0. The number of methoxy groups -OCH3 is 1. The molecule has 0 aliphatic heterocycles. The number of nitrogens with one attached hydrogen (secondary N) is 2. The highest BCUT2D eigenvalue weighted by atomic mass is 16.5. The Hall–Kier alpha value is -2.50. The quantitative estimate of drug-likeness (QED) is 0.803. The number of aromatic hydroxyl groups is 1. The Morgan fingerprint density at radius 1 is 1.43 bits per heavy atom. The molecule has 1 aliphatic rings. The first-order valence-corrected chi connectivity index (χ1v) is 6.91. The number of carbonyl (C=O) groups excluding carboxylic acids is 1. The van der Waals surface area contributed by atoms with Crippen LogP contribution in [0.3, 0.4) is 0 Å². The van der Waals surface area contributed by atoms with Crippen molar-refractivity contribution in [1.82, 2.24) is 15.5 Å². The fraction of sp³-hybridized carbons (Fsp3) is 0.333. The summed E-state index contributed by atoms with van der Waals surface area (Å²) < 4.78 is 5.04. The molecule has 3 rings (SSSR count). The first-order chi connectivity index (χ1) is 10.2. The average molecular weight is 287 g/mol. The van der Waals surface area contributed by atoms with Gasteiger partial charge in [0, 0.05) is 17.7 Å². The van der Waals surface area contributed by atoms with Crippen molar-refractivity contribution in [1.29, 1.82) is 0 Å². The lowest BCUT2D eigenvalue weighted by Gasteiger charge is -2.25. The van der Waals surface area contributed by atoms with Crippen LogP contribution in [0, 0.1) is 0 Å². The second-order valence-corrected chi connectivity index (χ2v) is 5.15. The molecule has 110 valence electrons. The lowest BCUT2D eigenvalue weighted by molar-refractivity contribution is 0.0912. The molecule has 21 heavy (non-hydrogen) atoms. The Balaban J connectivity index is 1.79. The number of rotatable bonds is 4. The van der Waals surface area contributed by atoms with E-state index in [9.17, 15) is 9.90 Å². The highest BCUT2D eigenvalue weighted by Gasteiger charge is 2.21. The lowest BCUT2D eigenvalue weighted by atomic mass is 9.93.